The molecule has 5 heteroatoms. The van der Waals surface area contributed by atoms with E-state index in [1.54, 1.807) is 12.1 Å². The van der Waals surface area contributed by atoms with Crippen molar-refractivity contribution in [3.05, 3.63) is 23.8 Å². The number of rotatable bonds is 2. The number of fused-ring (bicyclic) bond motifs is 1. The summed E-state index contributed by atoms with van der Waals surface area (Å²) in [6.07, 6.45) is 2.29. The summed E-state index contributed by atoms with van der Waals surface area (Å²) in [7, 11) is 0. The summed E-state index contributed by atoms with van der Waals surface area (Å²) in [4.78, 5) is 13.1. The number of carbonyl (C=O) groups is 1. The van der Waals surface area contributed by atoms with Crippen molar-refractivity contribution in [1.29, 1.82) is 0 Å². The Morgan fingerprint density at radius 1 is 1.35 bits per heavy atom. The fourth-order valence-electron chi connectivity index (χ4n) is 2.22. The average Bonchev–Trinajstić information content (AvgIpc) is 2.96. The maximum Gasteiger partial charge on any atom is 0.335 e. The number of nitrogens with zero attached hydrogens (tertiary/aromatic N) is 2. The minimum Gasteiger partial charge on any atom is -0.478 e. The van der Waals surface area contributed by atoms with E-state index in [2.05, 4.69) is 10.1 Å². The van der Waals surface area contributed by atoms with Crippen molar-refractivity contribution >= 4 is 22.8 Å². The molecule has 2 heterocycles. The van der Waals surface area contributed by atoms with Crippen molar-refractivity contribution in [2.75, 3.05) is 18.0 Å². The fourth-order valence-corrected chi connectivity index (χ4v) is 2.22. The fraction of sp³-hybridized carbons (Fsp3) is 0.333. The van der Waals surface area contributed by atoms with Gasteiger partial charge >= 0.3 is 5.97 Å². The van der Waals surface area contributed by atoms with Crippen LogP contribution in [-0.2, 0) is 0 Å². The van der Waals surface area contributed by atoms with E-state index >= 15 is 0 Å². The summed E-state index contributed by atoms with van der Waals surface area (Å²) in [5.74, 6) is -0.166. The average molecular weight is 232 g/mol. The topological polar surface area (TPSA) is 66.6 Å². The quantitative estimate of drug-likeness (QED) is 0.859. The number of aromatic carboxylic acids is 1. The number of benzene rings is 1. The number of carboxylic acid groups (broad SMARTS) is 1. The molecule has 0 amide bonds. The number of carboxylic acids is 1. The zero-order chi connectivity index (χ0) is 11.8. The van der Waals surface area contributed by atoms with Crippen LogP contribution in [0.1, 0.15) is 23.2 Å². The van der Waals surface area contributed by atoms with Crippen molar-refractivity contribution in [3.8, 4) is 0 Å². The van der Waals surface area contributed by atoms with Gasteiger partial charge in [-0.1, -0.05) is 5.16 Å². The van der Waals surface area contributed by atoms with Crippen LogP contribution in [0.2, 0.25) is 0 Å². The molecule has 1 aliphatic heterocycles. The van der Waals surface area contributed by atoms with Gasteiger partial charge < -0.3 is 14.5 Å². The Hall–Kier alpha value is -2.04. The lowest BCUT2D eigenvalue weighted by Crippen LogP contribution is -2.18. The number of aromatic nitrogens is 1. The maximum absolute atomic E-state index is 10.9. The Morgan fingerprint density at radius 2 is 2.12 bits per heavy atom. The summed E-state index contributed by atoms with van der Waals surface area (Å²) < 4.78 is 5.21. The van der Waals surface area contributed by atoms with Crippen LogP contribution in [0.25, 0.3) is 11.0 Å². The largest absolute Gasteiger partial charge is 0.478 e. The molecular weight excluding hydrogens is 220 g/mol. The van der Waals surface area contributed by atoms with Crippen molar-refractivity contribution < 1.29 is 14.4 Å². The summed E-state index contributed by atoms with van der Waals surface area (Å²) >= 11 is 0. The second kappa shape index (κ2) is 3.76. The van der Waals surface area contributed by atoms with Crippen LogP contribution in [0, 0.1) is 0 Å². The predicted molar refractivity (Wildman–Crippen MR) is 62.4 cm³/mol. The van der Waals surface area contributed by atoms with Gasteiger partial charge in [-0.15, -0.1) is 0 Å². The molecule has 0 saturated carbocycles. The zero-order valence-corrected chi connectivity index (χ0v) is 9.22. The third kappa shape index (κ3) is 1.63. The molecule has 5 nitrogen and oxygen atoms in total. The Kier molecular flexibility index (Phi) is 2.24. The first-order valence-electron chi connectivity index (χ1n) is 5.63. The Bertz CT molecular complexity index is 570. The third-order valence-corrected chi connectivity index (χ3v) is 3.10. The van der Waals surface area contributed by atoms with E-state index in [4.69, 9.17) is 9.63 Å². The predicted octanol–water partition coefficient (Wildman–Crippen LogP) is 2.13. The number of hydrogen-bond donors (Lipinski definition) is 1. The first kappa shape index (κ1) is 10.1. The van der Waals surface area contributed by atoms with Gasteiger partial charge in [-0.05, 0) is 31.0 Å². The molecule has 3 rings (SSSR count). The van der Waals surface area contributed by atoms with Crippen molar-refractivity contribution in [2.45, 2.75) is 12.8 Å². The van der Waals surface area contributed by atoms with Crippen LogP contribution in [0.5, 0.6) is 0 Å². The molecule has 1 aromatic carbocycles. The molecule has 1 fully saturated rings. The van der Waals surface area contributed by atoms with E-state index in [9.17, 15) is 4.79 Å². The maximum atomic E-state index is 10.9. The molecule has 1 N–H and O–H groups in total. The van der Waals surface area contributed by atoms with Crippen LogP contribution in [0.15, 0.2) is 22.7 Å². The van der Waals surface area contributed by atoms with Gasteiger partial charge in [0, 0.05) is 13.1 Å². The molecule has 0 unspecified atom stereocenters. The van der Waals surface area contributed by atoms with Gasteiger partial charge in [-0.2, -0.15) is 0 Å². The molecule has 0 spiro atoms. The SMILES string of the molecule is O=C(O)c1ccc2onc(N3CCCC3)c2c1. The second-order valence-corrected chi connectivity index (χ2v) is 4.22. The first-order valence-corrected chi connectivity index (χ1v) is 5.63. The highest BCUT2D eigenvalue weighted by atomic mass is 16.5. The van der Waals surface area contributed by atoms with Crippen molar-refractivity contribution in [1.82, 2.24) is 5.16 Å². The van der Waals surface area contributed by atoms with Crippen LogP contribution in [0.4, 0.5) is 5.82 Å². The molecule has 0 radical (unpaired) electrons. The summed E-state index contributed by atoms with van der Waals surface area (Å²) in [5, 5.41) is 13.8. The van der Waals surface area contributed by atoms with E-state index in [0.717, 1.165) is 37.1 Å². The van der Waals surface area contributed by atoms with Crippen molar-refractivity contribution in [3.63, 3.8) is 0 Å². The summed E-state index contributed by atoms with van der Waals surface area (Å²) in [5.41, 5.74) is 0.901. The van der Waals surface area contributed by atoms with E-state index in [1.165, 1.54) is 6.07 Å². The van der Waals surface area contributed by atoms with Crippen LogP contribution in [-0.4, -0.2) is 29.3 Å². The Labute approximate surface area is 97.6 Å². The monoisotopic (exact) mass is 232 g/mol. The van der Waals surface area contributed by atoms with Gasteiger partial charge in [0.25, 0.3) is 0 Å². The van der Waals surface area contributed by atoms with Gasteiger partial charge in [0.15, 0.2) is 11.4 Å². The highest BCUT2D eigenvalue weighted by Gasteiger charge is 2.19. The molecule has 88 valence electrons. The molecule has 1 aliphatic rings. The van der Waals surface area contributed by atoms with E-state index in [1.807, 2.05) is 0 Å². The molecule has 0 aliphatic carbocycles. The molecule has 2 aromatic rings. The highest BCUT2D eigenvalue weighted by Crippen LogP contribution is 2.29. The van der Waals surface area contributed by atoms with Gasteiger partial charge in [0.1, 0.15) is 0 Å². The Morgan fingerprint density at radius 3 is 2.82 bits per heavy atom. The normalized spacial score (nSPS) is 15.6. The van der Waals surface area contributed by atoms with Crippen LogP contribution in [0.3, 0.4) is 0 Å². The molecule has 0 bridgehead atoms. The highest BCUT2D eigenvalue weighted by molar-refractivity contribution is 5.96. The lowest BCUT2D eigenvalue weighted by molar-refractivity contribution is 0.0697. The van der Waals surface area contributed by atoms with Crippen LogP contribution < -0.4 is 4.90 Å². The molecular formula is C12H12N2O3. The standard InChI is InChI=1S/C12H12N2O3/c15-12(16)8-3-4-10-9(7-8)11(13-17-10)14-5-1-2-6-14/h3-4,7H,1-2,5-6H2,(H,15,16). The van der Waals surface area contributed by atoms with Crippen LogP contribution >= 0.6 is 0 Å². The minimum atomic E-state index is -0.930. The van der Waals surface area contributed by atoms with Gasteiger partial charge in [0.2, 0.25) is 0 Å². The zero-order valence-electron chi connectivity index (χ0n) is 9.22. The second-order valence-electron chi connectivity index (χ2n) is 4.22. The van der Waals surface area contributed by atoms with Gasteiger partial charge in [-0.25, -0.2) is 4.79 Å². The van der Waals surface area contributed by atoms with Gasteiger partial charge in [0.05, 0.1) is 10.9 Å². The van der Waals surface area contributed by atoms with Gasteiger partial charge in [-0.3, -0.25) is 0 Å². The molecule has 1 saturated heterocycles. The van der Waals surface area contributed by atoms with E-state index in [-0.39, 0.29) is 5.56 Å². The number of hydrogen-bond acceptors (Lipinski definition) is 4. The van der Waals surface area contributed by atoms with Crippen molar-refractivity contribution in [2.24, 2.45) is 0 Å². The summed E-state index contributed by atoms with van der Waals surface area (Å²) in [6, 6.07) is 4.82. The first-order chi connectivity index (χ1) is 8.25. The lowest BCUT2D eigenvalue weighted by Gasteiger charge is -2.12. The minimum absolute atomic E-state index is 0.265. The van der Waals surface area contributed by atoms with E-state index < -0.39 is 5.97 Å². The third-order valence-electron chi connectivity index (χ3n) is 3.10. The smallest absolute Gasteiger partial charge is 0.335 e. The molecule has 0 atom stereocenters. The lowest BCUT2D eigenvalue weighted by atomic mass is 10.1. The molecule has 1 aromatic heterocycles. The molecule has 17 heavy (non-hydrogen) atoms. The Balaban J connectivity index is 2.11. The van der Waals surface area contributed by atoms with E-state index in [0.29, 0.717) is 5.58 Å². The number of anilines is 1. The summed E-state index contributed by atoms with van der Waals surface area (Å²) in [6.45, 7) is 1.91.